The lowest BCUT2D eigenvalue weighted by Crippen LogP contribution is -2.17. The Hall–Kier alpha value is -1.64. The van der Waals surface area contributed by atoms with Gasteiger partial charge in [0, 0.05) is 13.3 Å². The molecule has 0 spiro atoms. The zero-order chi connectivity index (χ0) is 11.3. The molecule has 0 saturated carbocycles. The summed E-state index contributed by atoms with van der Waals surface area (Å²) in [7, 11) is 0. The highest BCUT2D eigenvalue weighted by molar-refractivity contribution is 5.86. The summed E-state index contributed by atoms with van der Waals surface area (Å²) in [6, 6.07) is 9.04. The third kappa shape index (κ3) is 3.20. The Balaban J connectivity index is 2.91. The molecule has 0 aliphatic rings. The minimum Gasteiger partial charge on any atom is -0.450 e. The molecule has 3 nitrogen and oxygen atoms in total. The Morgan fingerprint density at radius 2 is 1.87 bits per heavy atom. The molecule has 0 aromatic heterocycles. The first-order valence-corrected chi connectivity index (χ1v) is 4.90. The highest BCUT2D eigenvalue weighted by Crippen LogP contribution is 2.19. The van der Waals surface area contributed by atoms with E-state index in [2.05, 4.69) is 0 Å². The van der Waals surface area contributed by atoms with Crippen molar-refractivity contribution in [1.29, 1.82) is 0 Å². The molecule has 3 heteroatoms. The molecular weight excluding hydrogens is 192 g/mol. The van der Waals surface area contributed by atoms with Crippen LogP contribution in [0.5, 0.6) is 0 Å². The van der Waals surface area contributed by atoms with Crippen molar-refractivity contribution in [3.8, 4) is 0 Å². The Morgan fingerprint density at radius 3 is 2.33 bits per heavy atom. The SMILES string of the molecule is CCC(=O)[C@@H](OC(C)=O)c1ccccc1. The number of esters is 1. The summed E-state index contributed by atoms with van der Waals surface area (Å²) in [5.74, 6) is -0.526. The molecule has 0 unspecified atom stereocenters. The second-order valence-corrected chi connectivity index (χ2v) is 3.22. The molecule has 80 valence electrons. The average molecular weight is 206 g/mol. The number of rotatable bonds is 4. The minimum absolute atomic E-state index is 0.0867. The van der Waals surface area contributed by atoms with E-state index < -0.39 is 12.1 Å². The fourth-order valence-electron chi connectivity index (χ4n) is 1.30. The van der Waals surface area contributed by atoms with E-state index in [0.29, 0.717) is 6.42 Å². The molecule has 0 radical (unpaired) electrons. The Kier molecular flexibility index (Phi) is 4.03. The van der Waals surface area contributed by atoms with Crippen LogP contribution in [0.25, 0.3) is 0 Å². The van der Waals surface area contributed by atoms with E-state index in [1.54, 1.807) is 19.1 Å². The summed E-state index contributed by atoms with van der Waals surface area (Å²) in [5.41, 5.74) is 0.722. The average Bonchev–Trinajstić information content (AvgIpc) is 2.26. The predicted molar refractivity (Wildman–Crippen MR) is 56.2 cm³/mol. The number of hydrogen-bond acceptors (Lipinski definition) is 3. The maximum atomic E-state index is 11.6. The summed E-state index contributed by atoms with van der Waals surface area (Å²) < 4.78 is 5.00. The number of carbonyl (C=O) groups is 2. The Morgan fingerprint density at radius 1 is 1.27 bits per heavy atom. The van der Waals surface area contributed by atoms with Crippen LogP contribution in [0, 0.1) is 0 Å². The highest BCUT2D eigenvalue weighted by atomic mass is 16.5. The lowest BCUT2D eigenvalue weighted by molar-refractivity contribution is -0.153. The van der Waals surface area contributed by atoms with Crippen molar-refractivity contribution >= 4 is 11.8 Å². The Labute approximate surface area is 89.1 Å². The van der Waals surface area contributed by atoms with E-state index in [0.717, 1.165) is 5.56 Å². The van der Waals surface area contributed by atoms with E-state index in [9.17, 15) is 9.59 Å². The molecule has 0 aliphatic carbocycles. The van der Waals surface area contributed by atoms with Crippen LogP contribution in [-0.2, 0) is 14.3 Å². The summed E-state index contributed by atoms with van der Waals surface area (Å²) in [6.45, 7) is 3.06. The first-order chi connectivity index (χ1) is 7.15. The van der Waals surface area contributed by atoms with Gasteiger partial charge in [-0.05, 0) is 5.56 Å². The van der Waals surface area contributed by atoms with Crippen LogP contribution in [-0.4, -0.2) is 11.8 Å². The van der Waals surface area contributed by atoms with Crippen molar-refractivity contribution in [3.63, 3.8) is 0 Å². The Bertz CT molecular complexity index is 343. The fourth-order valence-corrected chi connectivity index (χ4v) is 1.30. The molecule has 1 atom stereocenters. The second kappa shape index (κ2) is 5.29. The zero-order valence-corrected chi connectivity index (χ0v) is 8.90. The number of hydrogen-bond donors (Lipinski definition) is 0. The molecular formula is C12H14O3. The molecule has 1 rings (SSSR count). The van der Waals surface area contributed by atoms with Crippen LogP contribution < -0.4 is 0 Å². The summed E-state index contributed by atoms with van der Waals surface area (Å²) >= 11 is 0. The van der Waals surface area contributed by atoms with Crippen LogP contribution in [0.1, 0.15) is 31.9 Å². The predicted octanol–water partition coefficient (Wildman–Crippen LogP) is 2.27. The van der Waals surface area contributed by atoms with Crippen molar-refractivity contribution in [3.05, 3.63) is 35.9 Å². The third-order valence-electron chi connectivity index (χ3n) is 2.03. The maximum absolute atomic E-state index is 11.6. The van der Waals surface area contributed by atoms with Gasteiger partial charge in [0.15, 0.2) is 11.9 Å². The normalized spacial score (nSPS) is 11.9. The fraction of sp³-hybridized carbons (Fsp3) is 0.333. The van der Waals surface area contributed by atoms with Gasteiger partial charge in [0.1, 0.15) is 0 Å². The molecule has 0 aliphatic heterocycles. The summed E-state index contributed by atoms with van der Waals surface area (Å²) in [4.78, 5) is 22.4. The van der Waals surface area contributed by atoms with E-state index >= 15 is 0 Å². The van der Waals surface area contributed by atoms with E-state index in [1.807, 2.05) is 18.2 Å². The molecule has 1 aromatic rings. The van der Waals surface area contributed by atoms with Crippen LogP contribution in [0.4, 0.5) is 0 Å². The molecule has 0 bridgehead atoms. The van der Waals surface area contributed by atoms with Crippen LogP contribution in [0.2, 0.25) is 0 Å². The van der Waals surface area contributed by atoms with Gasteiger partial charge in [0.05, 0.1) is 0 Å². The van der Waals surface area contributed by atoms with Gasteiger partial charge < -0.3 is 4.74 Å². The molecule has 15 heavy (non-hydrogen) atoms. The molecule has 0 N–H and O–H groups in total. The van der Waals surface area contributed by atoms with Gasteiger partial charge in [-0.15, -0.1) is 0 Å². The van der Waals surface area contributed by atoms with Gasteiger partial charge in [-0.1, -0.05) is 37.3 Å². The monoisotopic (exact) mass is 206 g/mol. The number of ether oxygens (including phenoxy) is 1. The molecule has 0 heterocycles. The largest absolute Gasteiger partial charge is 0.450 e. The van der Waals surface area contributed by atoms with Gasteiger partial charge in [-0.25, -0.2) is 0 Å². The summed E-state index contributed by atoms with van der Waals surface area (Å²) in [5, 5.41) is 0. The van der Waals surface area contributed by atoms with Crippen molar-refractivity contribution < 1.29 is 14.3 Å². The topological polar surface area (TPSA) is 43.4 Å². The van der Waals surface area contributed by atoms with Gasteiger partial charge in [-0.3, -0.25) is 9.59 Å². The first kappa shape index (κ1) is 11.4. The quantitative estimate of drug-likeness (QED) is 0.710. The maximum Gasteiger partial charge on any atom is 0.303 e. The van der Waals surface area contributed by atoms with Gasteiger partial charge in [-0.2, -0.15) is 0 Å². The molecule has 0 saturated heterocycles. The highest BCUT2D eigenvalue weighted by Gasteiger charge is 2.21. The molecule has 0 amide bonds. The van der Waals surface area contributed by atoms with Gasteiger partial charge in [0.2, 0.25) is 0 Å². The number of carbonyl (C=O) groups excluding carboxylic acids is 2. The van der Waals surface area contributed by atoms with Crippen LogP contribution in [0.15, 0.2) is 30.3 Å². The smallest absolute Gasteiger partial charge is 0.303 e. The van der Waals surface area contributed by atoms with E-state index in [-0.39, 0.29) is 5.78 Å². The van der Waals surface area contributed by atoms with Gasteiger partial charge >= 0.3 is 5.97 Å². The zero-order valence-electron chi connectivity index (χ0n) is 8.90. The summed E-state index contributed by atoms with van der Waals surface area (Å²) in [6.07, 6.45) is -0.402. The first-order valence-electron chi connectivity index (χ1n) is 4.90. The molecule has 1 aromatic carbocycles. The minimum atomic E-state index is -0.756. The van der Waals surface area contributed by atoms with Crippen molar-refractivity contribution in [1.82, 2.24) is 0 Å². The van der Waals surface area contributed by atoms with Crippen molar-refractivity contribution in [2.75, 3.05) is 0 Å². The van der Waals surface area contributed by atoms with Crippen LogP contribution >= 0.6 is 0 Å². The lowest BCUT2D eigenvalue weighted by Gasteiger charge is -2.15. The van der Waals surface area contributed by atoms with Gasteiger partial charge in [0.25, 0.3) is 0 Å². The van der Waals surface area contributed by atoms with Crippen LogP contribution in [0.3, 0.4) is 0 Å². The number of Topliss-reactive ketones (excluding diaryl/α,β-unsaturated/α-hetero) is 1. The third-order valence-corrected chi connectivity index (χ3v) is 2.03. The lowest BCUT2D eigenvalue weighted by atomic mass is 10.0. The van der Waals surface area contributed by atoms with Crippen molar-refractivity contribution in [2.45, 2.75) is 26.4 Å². The number of benzene rings is 1. The number of ketones is 1. The second-order valence-electron chi connectivity index (χ2n) is 3.22. The standard InChI is InChI=1S/C12H14O3/c1-3-11(14)12(15-9(2)13)10-7-5-4-6-8-10/h4-8,12H,3H2,1-2H3/t12-/m0/s1. The van der Waals surface area contributed by atoms with Crippen molar-refractivity contribution in [2.24, 2.45) is 0 Å². The molecule has 0 fully saturated rings. The van der Waals surface area contributed by atoms with E-state index in [4.69, 9.17) is 4.74 Å². The van der Waals surface area contributed by atoms with E-state index in [1.165, 1.54) is 6.92 Å².